The zero-order chi connectivity index (χ0) is 19.7. The molecule has 2 aliphatic heterocycles. The second-order valence-corrected chi connectivity index (χ2v) is 7.02. The minimum Gasteiger partial charge on any atom is -0.381 e. The van der Waals surface area contributed by atoms with E-state index in [0.717, 1.165) is 12.1 Å². The Morgan fingerprint density at radius 1 is 1.32 bits per heavy atom. The molecule has 1 aromatic rings. The van der Waals surface area contributed by atoms with Crippen molar-refractivity contribution in [3.8, 4) is 0 Å². The smallest absolute Gasteiger partial charge is 0.381 e. The van der Waals surface area contributed by atoms with Gasteiger partial charge in [0.2, 0.25) is 11.8 Å². The third-order valence-electron chi connectivity index (χ3n) is 5.27. The van der Waals surface area contributed by atoms with Crippen LogP contribution in [0.15, 0.2) is 24.3 Å². The van der Waals surface area contributed by atoms with E-state index in [2.05, 4.69) is 5.32 Å². The Morgan fingerprint density at radius 3 is 2.61 bits per heavy atom. The van der Waals surface area contributed by atoms with Crippen LogP contribution in [0.25, 0.3) is 0 Å². The van der Waals surface area contributed by atoms with Gasteiger partial charge in [-0.1, -0.05) is 6.07 Å². The zero-order valence-corrected chi connectivity index (χ0v) is 15.9. The van der Waals surface area contributed by atoms with Crippen LogP contribution < -0.4 is 16.0 Å². The summed E-state index contributed by atoms with van der Waals surface area (Å²) >= 11 is 0. The summed E-state index contributed by atoms with van der Waals surface area (Å²) in [4.78, 5) is 26.3. The predicted molar refractivity (Wildman–Crippen MR) is 99.1 cm³/mol. The van der Waals surface area contributed by atoms with Crippen molar-refractivity contribution in [2.24, 2.45) is 11.1 Å². The average Bonchev–Trinajstić information content (AvgIpc) is 3.01. The summed E-state index contributed by atoms with van der Waals surface area (Å²) in [6.45, 7) is 1.21. The highest BCUT2D eigenvalue weighted by molar-refractivity contribution is 5.97. The molecule has 2 aliphatic rings. The fourth-order valence-electron chi connectivity index (χ4n) is 3.53. The topological polar surface area (TPSA) is 84.7 Å². The first-order valence-electron chi connectivity index (χ1n) is 8.81. The number of anilines is 1. The number of nitrogens with zero attached hydrogens (tertiary/aromatic N) is 1. The molecule has 0 aromatic heterocycles. The van der Waals surface area contributed by atoms with Crippen molar-refractivity contribution in [2.75, 3.05) is 31.2 Å². The Hall–Kier alpha value is -1.84. The molecule has 28 heavy (non-hydrogen) atoms. The minimum absolute atomic E-state index is 0. The maximum Gasteiger partial charge on any atom is 0.416 e. The van der Waals surface area contributed by atoms with Crippen LogP contribution in [-0.2, 0) is 20.5 Å². The van der Waals surface area contributed by atoms with E-state index in [1.807, 2.05) is 0 Å². The molecular formula is C18H23ClF3N3O3. The van der Waals surface area contributed by atoms with Crippen molar-refractivity contribution >= 4 is 29.9 Å². The van der Waals surface area contributed by atoms with Crippen molar-refractivity contribution in [3.63, 3.8) is 0 Å². The largest absolute Gasteiger partial charge is 0.416 e. The molecule has 1 unspecified atom stereocenters. The van der Waals surface area contributed by atoms with E-state index in [1.165, 1.54) is 17.0 Å². The quantitative estimate of drug-likeness (QED) is 0.779. The summed E-state index contributed by atoms with van der Waals surface area (Å²) in [6.07, 6.45) is -3.43. The van der Waals surface area contributed by atoms with Gasteiger partial charge in [0.05, 0.1) is 17.0 Å². The number of hydrogen-bond acceptors (Lipinski definition) is 4. The lowest BCUT2D eigenvalue weighted by atomic mass is 9.79. The maximum absolute atomic E-state index is 12.9. The second-order valence-electron chi connectivity index (χ2n) is 7.02. The summed E-state index contributed by atoms with van der Waals surface area (Å²) in [5.74, 6) is -0.551. The van der Waals surface area contributed by atoms with E-state index < -0.39 is 23.2 Å². The predicted octanol–water partition coefficient (Wildman–Crippen LogP) is 2.10. The Kier molecular flexibility index (Phi) is 6.95. The van der Waals surface area contributed by atoms with E-state index in [-0.39, 0.29) is 49.4 Å². The molecule has 0 saturated carbocycles. The number of benzene rings is 1. The number of nitrogens with one attached hydrogen (secondary N) is 1. The van der Waals surface area contributed by atoms with Crippen molar-refractivity contribution in [2.45, 2.75) is 31.5 Å². The fraction of sp³-hybridized carbons (Fsp3) is 0.556. The molecule has 2 saturated heterocycles. The molecule has 1 aromatic carbocycles. The van der Waals surface area contributed by atoms with Crippen LogP contribution in [0.4, 0.5) is 18.9 Å². The third kappa shape index (κ3) is 4.59. The number of halogens is 4. The van der Waals surface area contributed by atoms with Gasteiger partial charge in [-0.2, -0.15) is 13.2 Å². The molecule has 3 rings (SSSR count). The molecule has 156 valence electrons. The Bertz CT molecular complexity index is 724. The van der Waals surface area contributed by atoms with Crippen molar-refractivity contribution < 1.29 is 27.5 Å². The van der Waals surface area contributed by atoms with Gasteiger partial charge in [0.15, 0.2) is 0 Å². The van der Waals surface area contributed by atoms with Crippen LogP contribution >= 0.6 is 12.4 Å². The molecule has 3 N–H and O–H groups in total. The number of alkyl halides is 3. The van der Waals surface area contributed by atoms with Gasteiger partial charge in [-0.05, 0) is 31.0 Å². The first-order chi connectivity index (χ1) is 12.7. The van der Waals surface area contributed by atoms with Crippen molar-refractivity contribution in [1.82, 2.24) is 5.32 Å². The maximum atomic E-state index is 12.9. The molecule has 0 spiro atoms. The summed E-state index contributed by atoms with van der Waals surface area (Å²) in [6, 6.07) is 4.16. The number of carbonyl (C=O) groups excluding carboxylic acids is 2. The first-order valence-corrected chi connectivity index (χ1v) is 8.81. The van der Waals surface area contributed by atoms with Gasteiger partial charge in [-0.25, -0.2) is 0 Å². The molecule has 2 fully saturated rings. The third-order valence-corrected chi connectivity index (χ3v) is 5.27. The number of nitrogens with two attached hydrogens (primary N) is 1. The molecule has 2 heterocycles. The van der Waals surface area contributed by atoms with E-state index in [9.17, 15) is 22.8 Å². The number of amides is 2. The number of hydrogen-bond donors (Lipinski definition) is 2. The molecule has 10 heteroatoms. The van der Waals surface area contributed by atoms with Crippen LogP contribution in [-0.4, -0.2) is 44.2 Å². The fourth-order valence-corrected chi connectivity index (χ4v) is 3.53. The lowest BCUT2D eigenvalue weighted by Gasteiger charge is -2.35. The van der Waals surface area contributed by atoms with E-state index >= 15 is 0 Å². The molecule has 2 amide bonds. The molecule has 0 aliphatic carbocycles. The van der Waals surface area contributed by atoms with Crippen LogP contribution in [0.3, 0.4) is 0 Å². The summed E-state index contributed by atoms with van der Waals surface area (Å²) in [7, 11) is 0. The highest BCUT2D eigenvalue weighted by Crippen LogP contribution is 2.33. The normalized spacial score (nSPS) is 21.9. The molecule has 1 atom stereocenters. The van der Waals surface area contributed by atoms with Crippen molar-refractivity contribution in [1.29, 1.82) is 0 Å². The van der Waals surface area contributed by atoms with Gasteiger partial charge in [0.25, 0.3) is 0 Å². The SMILES string of the molecule is Cl.NCC1(C(=O)NC2CC(=O)N(c3cccc(C(F)(F)F)c3)C2)CCOCC1. The summed E-state index contributed by atoms with van der Waals surface area (Å²) in [5.41, 5.74) is 4.46. The molecule has 0 radical (unpaired) electrons. The Morgan fingerprint density at radius 2 is 2.00 bits per heavy atom. The standard InChI is InChI=1S/C18H22F3N3O3.ClH/c19-18(20,21)12-2-1-3-14(8-12)24-10-13(9-15(24)25)23-16(26)17(11-22)4-6-27-7-5-17;/h1-3,8,13H,4-7,9-11,22H2,(H,23,26);1H. The van der Waals surface area contributed by atoms with Gasteiger partial charge in [0.1, 0.15) is 0 Å². The van der Waals surface area contributed by atoms with Crippen LogP contribution in [0, 0.1) is 5.41 Å². The van der Waals surface area contributed by atoms with Crippen molar-refractivity contribution in [3.05, 3.63) is 29.8 Å². The van der Waals surface area contributed by atoms with Gasteiger partial charge >= 0.3 is 6.18 Å². The number of rotatable bonds is 4. The van der Waals surface area contributed by atoms with E-state index in [0.29, 0.717) is 26.1 Å². The van der Waals surface area contributed by atoms with Crippen LogP contribution in [0.1, 0.15) is 24.8 Å². The van der Waals surface area contributed by atoms with Gasteiger partial charge < -0.3 is 20.7 Å². The van der Waals surface area contributed by atoms with E-state index in [4.69, 9.17) is 10.5 Å². The summed E-state index contributed by atoms with van der Waals surface area (Å²) in [5, 5.41) is 2.86. The van der Waals surface area contributed by atoms with Crippen LogP contribution in [0.2, 0.25) is 0 Å². The molecular weight excluding hydrogens is 399 g/mol. The highest BCUT2D eigenvalue weighted by atomic mass is 35.5. The van der Waals surface area contributed by atoms with Gasteiger partial charge in [0, 0.05) is 38.4 Å². The zero-order valence-electron chi connectivity index (χ0n) is 15.1. The van der Waals surface area contributed by atoms with Crippen LogP contribution in [0.5, 0.6) is 0 Å². The lowest BCUT2D eigenvalue weighted by Crippen LogP contribution is -2.52. The van der Waals surface area contributed by atoms with Gasteiger partial charge in [-0.3, -0.25) is 9.59 Å². The molecule has 0 bridgehead atoms. The monoisotopic (exact) mass is 421 g/mol. The number of carbonyl (C=O) groups is 2. The summed E-state index contributed by atoms with van der Waals surface area (Å²) < 4.78 is 44.0. The van der Waals surface area contributed by atoms with Gasteiger partial charge in [-0.15, -0.1) is 12.4 Å². The Labute approximate surface area is 167 Å². The minimum atomic E-state index is -4.48. The average molecular weight is 422 g/mol. The lowest BCUT2D eigenvalue weighted by molar-refractivity contribution is -0.138. The first kappa shape index (κ1) is 22.4. The highest BCUT2D eigenvalue weighted by Gasteiger charge is 2.41. The Balaban J connectivity index is 0.00000280. The number of ether oxygens (including phenoxy) is 1. The van der Waals surface area contributed by atoms with E-state index in [1.54, 1.807) is 0 Å². The second kappa shape index (κ2) is 8.67. The molecule has 6 nitrogen and oxygen atoms in total.